The molecule has 24 heavy (non-hydrogen) atoms. The number of urea groups is 1. The molecule has 0 aliphatic carbocycles. The molecular formula is C12H19N7O5. The first-order chi connectivity index (χ1) is 11.5. The molecule has 0 saturated carbocycles. The summed E-state index contributed by atoms with van der Waals surface area (Å²) in [6.45, 7) is 0.842. The first kappa shape index (κ1) is 17.7. The maximum Gasteiger partial charge on any atom is 0.344 e. The molecule has 1 aromatic rings. The number of carbonyl (C=O) groups is 2. The quantitative estimate of drug-likeness (QED) is 0.176. The molecule has 3 rings (SSSR count). The largest absolute Gasteiger partial charge is 0.344 e. The van der Waals surface area contributed by atoms with E-state index < -0.39 is 5.91 Å². The third-order valence-electron chi connectivity index (χ3n) is 3.54. The molecule has 12 heteroatoms. The summed E-state index contributed by atoms with van der Waals surface area (Å²) in [5, 5.41) is 22.4. The Morgan fingerprint density at radius 1 is 1.62 bits per heavy atom. The lowest BCUT2D eigenvalue weighted by Gasteiger charge is -2.20. The second-order valence-corrected chi connectivity index (χ2v) is 5.02. The summed E-state index contributed by atoms with van der Waals surface area (Å²) >= 11 is 0. The van der Waals surface area contributed by atoms with E-state index in [-0.39, 0.29) is 18.7 Å². The van der Waals surface area contributed by atoms with E-state index >= 15 is 0 Å². The monoisotopic (exact) mass is 341 g/mol. The minimum atomic E-state index is -0.628. The van der Waals surface area contributed by atoms with Crippen molar-refractivity contribution in [1.82, 2.24) is 30.7 Å². The Hall–Kier alpha value is -2.70. The maximum absolute atomic E-state index is 11.4. The molecule has 12 nitrogen and oxygen atoms in total. The van der Waals surface area contributed by atoms with Crippen molar-refractivity contribution in [3.05, 3.63) is 17.5 Å². The fourth-order valence-corrected chi connectivity index (χ4v) is 2.37. The van der Waals surface area contributed by atoms with Gasteiger partial charge >= 0.3 is 6.03 Å². The fraction of sp³-hybridized carbons (Fsp3) is 0.500. The van der Waals surface area contributed by atoms with Crippen molar-refractivity contribution >= 4 is 18.3 Å². The SMILES string of the molecule is CN=CNOCC(=O)NO.Cn1ncc2c1CN1CC2N(O)C1=O. The first-order valence-electron chi connectivity index (χ1n) is 6.98. The number of aliphatic imine (C=N–C) groups is 1. The molecule has 1 aromatic heterocycles. The van der Waals surface area contributed by atoms with Crippen LogP contribution in [0.5, 0.6) is 0 Å². The third kappa shape index (κ3) is 3.61. The van der Waals surface area contributed by atoms with Gasteiger partial charge in [-0.3, -0.25) is 35.2 Å². The minimum Gasteiger partial charge on any atom is -0.314 e. The molecule has 1 saturated heterocycles. The van der Waals surface area contributed by atoms with Crippen LogP contribution in [0.15, 0.2) is 11.2 Å². The summed E-state index contributed by atoms with van der Waals surface area (Å²) in [4.78, 5) is 31.2. The van der Waals surface area contributed by atoms with Crippen LogP contribution in [0.3, 0.4) is 0 Å². The highest BCUT2D eigenvalue weighted by Crippen LogP contribution is 2.35. The number of amides is 3. The van der Waals surface area contributed by atoms with Crippen LogP contribution in [0.2, 0.25) is 0 Å². The molecule has 0 spiro atoms. The van der Waals surface area contributed by atoms with E-state index in [1.807, 2.05) is 7.05 Å². The zero-order valence-electron chi connectivity index (χ0n) is 13.2. The Balaban J connectivity index is 0.000000187. The van der Waals surface area contributed by atoms with Crippen molar-refractivity contribution < 1.29 is 24.8 Å². The van der Waals surface area contributed by atoms with E-state index in [1.165, 1.54) is 11.8 Å². The highest BCUT2D eigenvalue weighted by Gasteiger charge is 2.43. The number of aromatic nitrogens is 2. The average molecular weight is 341 g/mol. The van der Waals surface area contributed by atoms with Crippen molar-refractivity contribution in [2.45, 2.75) is 12.6 Å². The van der Waals surface area contributed by atoms with Crippen LogP contribution < -0.4 is 11.0 Å². The van der Waals surface area contributed by atoms with Gasteiger partial charge in [-0.05, 0) is 0 Å². The molecule has 1 unspecified atom stereocenters. The molecule has 1 fully saturated rings. The van der Waals surface area contributed by atoms with E-state index in [1.54, 1.807) is 22.8 Å². The number of aryl methyl sites for hydroxylation is 1. The number of hydrogen-bond donors (Lipinski definition) is 4. The first-order valence-corrected chi connectivity index (χ1v) is 6.98. The van der Waals surface area contributed by atoms with Gasteiger partial charge in [-0.1, -0.05) is 0 Å². The average Bonchev–Trinajstić information content (AvgIpc) is 3.07. The van der Waals surface area contributed by atoms with Gasteiger partial charge in [-0.25, -0.2) is 10.3 Å². The Bertz CT molecular complexity index is 631. The summed E-state index contributed by atoms with van der Waals surface area (Å²) in [7, 11) is 3.39. The van der Waals surface area contributed by atoms with Crippen molar-refractivity contribution in [3.8, 4) is 0 Å². The van der Waals surface area contributed by atoms with E-state index in [0.717, 1.165) is 16.3 Å². The number of fused-ring (bicyclic) bond motifs is 4. The minimum absolute atomic E-state index is 0.236. The van der Waals surface area contributed by atoms with E-state index in [2.05, 4.69) is 20.4 Å². The van der Waals surface area contributed by atoms with E-state index in [9.17, 15) is 14.8 Å². The van der Waals surface area contributed by atoms with Crippen molar-refractivity contribution in [3.63, 3.8) is 0 Å². The zero-order valence-corrected chi connectivity index (χ0v) is 13.2. The van der Waals surface area contributed by atoms with Crippen LogP contribution in [-0.2, 0) is 23.2 Å². The van der Waals surface area contributed by atoms with Crippen LogP contribution in [0.25, 0.3) is 0 Å². The van der Waals surface area contributed by atoms with Crippen molar-refractivity contribution in [2.24, 2.45) is 12.0 Å². The Morgan fingerprint density at radius 2 is 2.38 bits per heavy atom. The molecule has 0 radical (unpaired) electrons. The summed E-state index contributed by atoms with van der Waals surface area (Å²) in [5.41, 5.74) is 5.59. The van der Waals surface area contributed by atoms with E-state index in [0.29, 0.717) is 13.1 Å². The maximum atomic E-state index is 11.4. The number of hydroxylamine groups is 4. The Morgan fingerprint density at radius 3 is 3.04 bits per heavy atom. The lowest BCUT2D eigenvalue weighted by Crippen LogP contribution is -2.29. The van der Waals surface area contributed by atoms with Gasteiger partial charge in [-0.15, -0.1) is 0 Å². The van der Waals surface area contributed by atoms with Crippen LogP contribution in [0, 0.1) is 0 Å². The molecule has 3 amide bonds. The van der Waals surface area contributed by atoms with E-state index in [4.69, 9.17) is 5.21 Å². The summed E-state index contributed by atoms with van der Waals surface area (Å²) in [5.74, 6) is -0.628. The number of hydrogen-bond acceptors (Lipinski definition) is 7. The Labute approximate surface area is 137 Å². The summed E-state index contributed by atoms with van der Waals surface area (Å²) in [6, 6.07) is -0.550. The standard InChI is InChI=1S/C8H10N4O2.C4H9N3O3/c1-10-6-3-11-4-7(5(6)2-9-10)12(14)8(11)13;1-5-3-6-10-2-4(8)7-9/h2,7,14H,3-4H2,1H3;3,9H,2H2,1H3,(H,5,6)(H,7,8). The molecule has 0 aromatic carbocycles. The molecule has 132 valence electrons. The second-order valence-electron chi connectivity index (χ2n) is 5.02. The molecular weight excluding hydrogens is 322 g/mol. The van der Waals surface area contributed by atoms with Crippen LogP contribution in [0.4, 0.5) is 4.79 Å². The normalized spacial score (nSPS) is 18.3. The molecule has 2 aliphatic heterocycles. The third-order valence-corrected chi connectivity index (χ3v) is 3.54. The molecule has 2 bridgehead atoms. The van der Waals surface area contributed by atoms with Gasteiger partial charge in [-0.2, -0.15) is 10.2 Å². The van der Waals surface area contributed by atoms with Gasteiger partial charge in [0, 0.05) is 19.7 Å². The van der Waals surface area contributed by atoms with Crippen LogP contribution >= 0.6 is 0 Å². The van der Waals surface area contributed by atoms with Gasteiger partial charge < -0.3 is 4.90 Å². The molecule has 1 atom stereocenters. The highest BCUT2D eigenvalue weighted by molar-refractivity contribution is 5.77. The highest BCUT2D eigenvalue weighted by atomic mass is 16.6. The molecule has 4 N–H and O–H groups in total. The lowest BCUT2D eigenvalue weighted by molar-refractivity contribution is -0.135. The molecule has 2 aliphatic rings. The number of carbonyl (C=O) groups excluding carboxylic acids is 2. The van der Waals surface area contributed by atoms with Gasteiger partial charge in [0.15, 0.2) is 6.61 Å². The van der Waals surface area contributed by atoms with Gasteiger partial charge in [0.05, 0.1) is 25.0 Å². The molecule has 3 heterocycles. The predicted octanol–water partition coefficient (Wildman–Crippen LogP) is -1.23. The second kappa shape index (κ2) is 7.72. The zero-order chi connectivity index (χ0) is 17.7. The number of nitrogens with one attached hydrogen (secondary N) is 2. The van der Waals surface area contributed by atoms with Gasteiger partial charge in [0.25, 0.3) is 5.91 Å². The van der Waals surface area contributed by atoms with Crippen molar-refractivity contribution in [2.75, 3.05) is 20.2 Å². The number of rotatable bonds is 4. The van der Waals surface area contributed by atoms with Crippen molar-refractivity contribution in [1.29, 1.82) is 0 Å². The summed E-state index contributed by atoms with van der Waals surface area (Å²) in [6.07, 6.45) is 2.99. The number of nitrogens with zero attached hydrogens (tertiary/aromatic N) is 5. The lowest BCUT2D eigenvalue weighted by atomic mass is 10.1. The van der Waals surface area contributed by atoms with Gasteiger partial charge in [0.2, 0.25) is 0 Å². The van der Waals surface area contributed by atoms with Crippen LogP contribution in [0.1, 0.15) is 17.3 Å². The fourth-order valence-electron chi connectivity index (χ4n) is 2.37. The van der Waals surface area contributed by atoms with Crippen LogP contribution in [-0.4, -0.2) is 68.6 Å². The predicted molar refractivity (Wildman–Crippen MR) is 78.8 cm³/mol. The summed E-state index contributed by atoms with van der Waals surface area (Å²) < 4.78 is 1.75. The van der Waals surface area contributed by atoms with Gasteiger partial charge in [0.1, 0.15) is 12.4 Å². The Kier molecular flexibility index (Phi) is 5.68. The topological polar surface area (TPSA) is 145 Å². The smallest absolute Gasteiger partial charge is 0.314 e.